The van der Waals surface area contributed by atoms with Crippen LogP contribution in [0.2, 0.25) is 0 Å². The van der Waals surface area contributed by atoms with E-state index in [1.165, 1.54) is 0 Å². The van der Waals surface area contributed by atoms with Gasteiger partial charge in [-0.1, -0.05) is 18.2 Å². The van der Waals surface area contributed by atoms with Crippen LogP contribution in [0.3, 0.4) is 0 Å². The van der Waals surface area contributed by atoms with Gasteiger partial charge in [0.2, 0.25) is 0 Å². The third kappa shape index (κ3) is 3.80. The molecular weight excluding hydrogens is 300 g/mol. The van der Waals surface area contributed by atoms with E-state index >= 15 is 0 Å². The van der Waals surface area contributed by atoms with Crippen molar-refractivity contribution in [1.82, 2.24) is 10.2 Å². The van der Waals surface area contributed by atoms with Crippen LogP contribution in [0.4, 0.5) is 4.79 Å². The number of carbonyl (C=O) groups excluding carboxylic acids is 1. The number of hydrogen-bond donors (Lipinski definition) is 1. The van der Waals surface area contributed by atoms with Gasteiger partial charge in [-0.25, -0.2) is 4.79 Å². The molecule has 6 heteroatoms. The zero-order chi connectivity index (χ0) is 16.1. The quantitative estimate of drug-likeness (QED) is 0.923. The molecule has 1 saturated heterocycles. The molecule has 0 radical (unpaired) electrons. The molecule has 1 N–H and O–H groups in total. The van der Waals surface area contributed by atoms with E-state index in [1.807, 2.05) is 45.0 Å². The van der Waals surface area contributed by atoms with Crippen LogP contribution in [0.15, 0.2) is 24.3 Å². The fourth-order valence-electron chi connectivity index (χ4n) is 2.56. The molecule has 22 heavy (non-hydrogen) atoms. The Bertz CT molecular complexity index is 550. The minimum Gasteiger partial charge on any atom is -0.494 e. The second-order valence-corrected chi connectivity index (χ2v) is 7.34. The molecule has 5 nitrogen and oxygen atoms in total. The number of ether oxygens (including phenoxy) is 1. The monoisotopic (exact) mass is 324 g/mol. The van der Waals surface area contributed by atoms with Crippen molar-refractivity contribution in [3.05, 3.63) is 29.8 Å². The summed E-state index contributed by atoms with van der Waals surface area (Å²) in [5, 5.41) is 2.95. The Labute approximate surface area is 134 Å². The molecule has 2 rings (SSSR count). The molecule has 0 saturated carbocycles. The van der Waals surface area contributed by atoms with Crippen molar-refractivity contribution in [2.75, 3.05) is 18.9 Å². The van der Waals surface area contributed by atoms with Gasteiger partial charge < -0.3 is 15.0 Å². The highest BCUT2D eigenvalue weighted by Gasteiger charge is 2.32. The van der Waals surface area contributed by atoms with E-state index in [2.05, 4.69) is 5.32 Å². The number of benzene rings is 1. The molecule has 2 amide bonds. The van der Waals surface area contributed by atoms with Gasteiger partial charge in [-0.05, 0) is 26.8 Å². The number of carbonyl (C=O) groups is 1. The van der Waals surface area contributed by atoms with Gasteiger partial charge in [-0.15, -0.1) is 0 Å². The van der Waals surface area contributed by atoms with Crippen LogP contribution in [-0.2, 0) is 17.3 Å². The molecule has 1 aromatic carbocycles. The molecule has 1 heterocycles. The molecule has 1 aliphatic heterocycles. The predicted octanol–water partition coefficient (Wildman–Crippen LogP) is 2.14. The van der Waals surface area contributed by atoms with Crippen molar-refractivity contribution in [1.29, 1.82) is 0 Å². The van der Waals surface area contributed by atoms with Gasteiger partial charge in [0.15, 0.2) is 0 Å². The number of urea groups is 1. The molecule has 122 valence electrons. The van der Waals surface area contributed by atoms with Gasteiger partial charge in [0.1, 0.15) is 5.75 Å². The van der Waals surface area contributed by atoms with E-state index in [0.29, 0.717) is 25.4 Å². The largest absolute Gasteiger partial charge is 0.494 e. The Kier molecular flexibility index (Phi) is 5.83. The summed E-state index contributed by atoms with van der Waals surface area (Å²) in [6.45, 7) is 7.39. The van der Waals surface area contributed by atoms with Crippen molar-refractivity contribution in [2.24, 2.45) is 0 Å². The van der Waals surface area contributed by atoms with E-state index < -0.39 is 10.8 Å². The zero-order valence-corrected chi connectivity index (χ0v) is 14.2. The Morgan fingerprint density at radius 2 is 2.14 bits per heavy atom. The van der Waals surface area contributed by atoms with Crippen LogP contribution in [0.5, 0.6) is 5.75 Å². The number of rotatable bonds is 4. The summed E-state index contributed by atoms with van der Waals surface area (Å²) in [5.41, 5.74) is 0.957. The van der Waals surface area contributed by atoms with Crippen LogP contribution in [0, 0.1) is 0 Å². The minimum absolute atomic E-state index is 0.00945. The normalized spacial score (nSPS) is 24.9. The van der Waals surface area contributed by atoms with Gasteiger partial charge >= 0.3 is 6.03 Å². The first kappa shape index (κ1) is 16.8. The number of nitrogens with zero attached hydrogens (tertiary/aromatic N) is 1. The molecule has 0 spiro atoms. The fourth-order valence-corrected chi connectivity index (χ4v) is 3.89. The summed E-state index contributed by atoms with van der Waals surface area (Å²) < 4.78 is 17.4. The molecule has 3 atom stereocenters. The number of amides is 2. The maximum absolute atomic E-state index is 12.4. The van der Waals surface area contributed by atoms with Crippen LogP contribution in [0.1, 0.15) is 26.3 Å². The van der Waals surface area contributed by atoms with E-state index in [-0.39, 0.29) is 17.3 Å². The number of hydrogen-bond acceptors (Lipinski definition) is 3. The van der Waals surface area contributed by atoms with Gasteiger partial charge in [0, 0.05) is 41.2 Å². The van der Waals surface area contributed by atoms with Crippen molar-refractivity contribution in [3.63, 3.8) is 0 Å². The maximum atomic E-state index is 12.4. The first-order valence-electron chi connectivity index (χ1n) is 7.67. The fraction of sp³-hybridized carbons (Fsp3) is 0.562. The Hall–Kier alpha value is -1.56. The standard InChI is InChI=1S/C16H24N2O3S/c1-4-21-15-8-6-5-7-14(15)11-17-16(19)18-9-10-22(20)13(3)12(18)2/h5-8,12-13H,4,9-11H2,1-3H3,(H,17,19)/t12-,13-,22+/m1/s1. The van der Waals surface area contributed by atoms with Gasteiger partial charge in [0.25, 0.3) is 0 Å². The summed E-state index contributed by atoms with van der Waals surface area (Å²) in [6, 6.07) is 7.57. The maximum Gasteiger partial charge on any atom is 0.317 e. The molecular formula is C16H24N2O3S. The van der Waals surface area contributed by atoms with Crippen LogP contribution in [0.25, 0.3) is 0 Å². The van der Waals surface area contributed by atoms with E-state index in [0.717, 1.165) is 11.3 Å². The third-order valence-electron chi connectivity index (χ3n) is 4.08. The summed E-state index contributed by atoms with van der Waals surface area (Å²) in [7, 11) is -0.840. The number of para-hydroxylation sites is 1. The molecule has 1 fully saturated rings. The average molecular weight is 324 g/mol. The molecule has 0 bridgehead atoms. The second kappa shape index (κ2) is 7.63. The Morgan fingerprint density at radius 1 is 1.41 bits per heavy atom. The summed E-state index contributed by atoms with van der Waals surface area (Å²) in [4.78, 5) is 14.2. The average Bonchev–Trinajstić information content (AvgIpc) is 2.52. The first-order chi connectivity index (χ1) is 10.5. The lowest BCUT2D eigenvalue weighted by molar-refractivity contribution is 0.179. The van der Waals surface area contributed by atoms with Gasteiger partial charge in [0.05, 0.1) is 11.9 Å². The Balaban J connectivity index is 1.97. The van der Waals surface area contributed by atoms with E-state index in [1.54, 1.807) is 4.90 Å². The minimum atomic E-state index is -0.840. The number of nitrogens with one attached hydrogen (secondary N) is 1. The van der Waals surface area contributed by atoms with Crippen LogP contribution >= 0.6 is 0 Å². The lowest BCUT2D eigenvalue weighted by atomic mass is 10.2. The lowest BCUT2D eigenvalue weighted by Gasteiger charge is -2.37. The molecule has 0 aliphatic carbocycles. The van der Waals surface area contributed by atoms with Crippen LogP contribution < -0.4 is 10.1 Å². The summed E-state index contributed by atoms with van der Waals surface area (Å²) >= 11 is 0. The molecule has 0 aromatic heterocycles. The highest BCUT2D eigenvalue weighted by atomic mass is 32.2. The predicted molar refractivity (Wildman–Crippen MR) is 88.5 cm³/mol. The Morgan fingerprint density at radius 3 is 2.86 bits per heavy atom. The molecule has 1 aliphatic rings. The van der Waals surface area contributed by atoms with Crippen molar-refractivity contribution < 1.29 is 13.7 Å². The smallest absolute Gasteiger partial charge is 0.317 e. The topological polar surface area (TPSA) is 58.6 Å². The summed E-state index contributed by atoms with van der Waals surface area (Å²) in [6.07, 6.45) is 0. The molecule has 0 unspecified atom stereocenters. The zero-order valence-electron chi connectivity index (χ0n) is 13.4. The third-order valence-corrected chi connectivity index (χ3v) is 5.89. The van der Waals surface area contributed by atoms with Crippen molar-refractivity contribution in [3.8, 4) is 5.75 Å². The lowest BCUT2D eigenvalue weighted by Crippen LogP contribution is -2.55. The highest BCUT2D eigenvalue weighted by molar-refractivity contribution is 7.85. The SMILES string of the molecule is CCOc1ccccc1CNC(=O)N1CC[S@](=O)[C@H](C)[C@H]1C. The van der Waals surface area contributed by atoms with E-state index in [9.17, 15) is 9.00 Å². The van der Waals surface area contributed by atoms with E-state index in [4.69, 9.17) is 4.74 Å². The highest BCUT2D eigenvalue weighted by Crippen LogP contribution is 2.19. The molecule has 1 aromatic rings. The van der Waals surface area contributed by atoms with Crippen LogP contribution in [-0.4, -0.2) is 45.3 Å². The summed E-state index contributed by atoms with van der Waals surface area (Å²) in [5.74, 6) is 1.35. The van der Waals surface area contributed by atoms with Gasteiger partial charge in [-0.3, -0.25) is 4.21 Å². The van der Waals surface area contributed by atoms with Crippen molar-refractivity contribution >= 4 is 16.8 Å². The first-order valence-corrected chi connectivity index (χ1v) is 9.05. The van der Waals surface area contributed by atoms with Gasteiger partial charge in [-0.2, -0.15) is 0 Å². The van der Waals surface area contributed by atoms with Crippen molar-refractivity contribution in [2.45, 2.75) is 38.6 Å². The second-order valence-electron chi connectivity index (χ2n) is 5.42.